The van der Waals surface area contributed by atoms with Gasteiger partial charge in [-0.05, 0) is 18.2 Å². The van der Waals surface area contributed by atoms with E-state index in [2.05, 4.69) is 32.4 Å². The Morgan fingerprint density at radius 3 is 3.03 bits per heavy atom. The molecule has 3 aromatic rings. The van der Waals surface area contributed by atoms with E-state index in [1.54, 1.807) is 25.6 Å². The number of rotatable bonds is 4. The zero-order chi connectivity index (χ0) is 23.7. The number of amides is 1. The summed E-state index contributed by atoms with van der Waals surface area (Å²) < 4.78 is 10.9. The van der Waals surface area contributed by atoms with Crippen molar-refractivity contribution in [1.29, 1.82) is 0 Å². The second kappa shape index (κ2) is 9.03. The number of hydrogen-bond acceptors (Lipinski definition) is 6. The first-order valence-electron chi connectivity index (χ1n) is 11.0. The Bertz CT molecular complexity index is 1320. The van der Waals surface area contributed by atoms with Crippen LogP contribution in [0.4, 0.5) is 11.4 Å². The minimum atomic E-state index is -0.683. The zero-order valence-corrected chi connectivity index (χ0v) is 19.4. The number of para-hydroxylation sites is 1. The van der Waals surface area contributed by atoms with E-state index in [4.69, 9.17) is 26.8 Å². The van der Waals surface area contributed by atoms with Gasteiger partial charge in [0.2, 0.25) is 0 Å². The van der Waals surface area contributed by atoms with Crippen LogP contribution in [0, 0.1) is 11.8 Å². The number of halogens is 1. The average molecular weight is 478 g/mol. The molecule has 9 heteroatoms. The molecular weight excluding hydrogens is 454 g/mol. The molecule has 8 nitrogen and oxygen atoms in total. The molecule has 1 atom stereocenters. The molecule has 4 heterocycles. The fourth-order valence-corrected chi connectivity index (χ4v) is 4.49. The van der Waals surface area contributed by atoms with Gasteiger partial charge in [-0.1, -0.05) is 29.5 Å². The van der Waals surface area contributed by atoms with E-state index >= 15 is 0 Å². The first-order valence-corrected chi connectivity index (χ1v) is 11.3. The van der Waals surface area contributed by atoms with Gasteiger partial charge in [0, 0.05) is 49.6 Å². The lowest BCUT2D eigenvalue weighted by molar-refractivity contribution is 0.0947. The van der Waals surface area contributed by atoms with Crippen molar-refractivity contribution in [3.63, 3.8) is 0 Å². The Morgan fingerprint density at radius 2 is 2.24 bits per heavy atom. The summed E-state index contributed by atoms with van der Waals surface area (Å²) in [6.07, 6.45) is 4.75. The number of carbonyl (C=O) groups is 1. The van der Waals surface area contributed by atoms with E-state index in [1.807, 2.05) is 18.2 Å². The van der Waals surface area contributed by atoms with Gasteiger partial charge in [-0.2, -0.15) is 0 Å². The van der Waals surface area contributed by atoms with Gasteiger partial charge in [-0.15, -0.1) is 0 Å². The van der Waals surface area contributed by atoms with Gasteiger partial charge in [-0.3, -0.25) is 9.78 Å². The highest BCUT2D eigenvalue weighted by Crippen LogP contribution is 2.41. The molecule has 34 heavy (non-hydrogen) atoms. The number of nitrogens with two attached hydrogens (primary N) is 1. The van der Waals surface area contributed by atoms with E-state index < -0.39 is 5.54 Å². The SMILES string of the molecule is COc1c(Cl)cccc1Nc1c(-c2ccncc2C#CC2(N)CCOC2)[nH]c2c1C(=O)NCC2. The lowest BCUT2D eigenvalue weighted by atomic mass is 9.99. The van der Waals surface area contributed by atoms with Gasteiger partial charge >= 0.3 is 0 Å². The Kier molecular flexibility index (Phi) is 5.92. The quantitative estimate of drug-likeness (QED) is 0.429. The third kappa shape index (κ3) is 4.10. The van der Waals surface area contributed by atoms with Crippen molar-refractivity contribution in [1.82, 2.24) is 15.3 Å². The molecule has 1 aromatic carbocycles. The van der Waals surface area contributed by atoms with Crippen LogP contribution in [0.2, 0.25) is 5.02 Å². The van der Waals surface area contributed by atoms with E-state index in [9.17, 15) is 4.79 Å². The Labute approximate surface area is 202 Å². The van der Waals surface area contributed by atoms with Crippen LogP contribution in [0.5, 0.6) is 5.75 Å². The highest BCUT2D eigenvalue weighted by molar-refractivity contribution is 6.32. The summed E-state index contributed by atoms with van der Waals surface area (Å²) in [5, 5.41) is 6.77. The zero-order valence-electron chi connectivity index (χ0n) is 18.6. The summed E-state index contributed by atoms with van der Waals surface area (Å²) in [5.41, 5.74) is 10.6. The predicted molar refractivity (Wildman–Crippen MR) is 131 cm³/mol. The van der Waals surface area contributed by atoms with Crippen LogP contribution in [0.25, 0.3) is 11.3 Å². The fourth-order valence-electron chi connectivity index (χ4n) is 4.24. The molecule has 0 saturated carbocycles. The molecule has 5 N–H and O–H groups in total. The van der Waals surface area contributed by atoms with Crippen LogP contribution < -0.4 is 21.1 Å². The molecular formula is C25H24ClN5O3. The molecule has 5 rings (SSSR count). The minimum absolute atomic E-state index is 0.155. The van der Waals surface area contributed by atoms with Gasteiger partial charge in [0.15, 0.2) is 5.75 Å². The van der Waals surface area contributed by atoms with Gasteiger partial charge in [0.05, 0.1) is 46.9 Å². The molecule has 1 unspecified atom stereocenters. The lowest BCUT2D eigenvalue weighted by Gasteiger charge is -2.17. The maximum absolute atomic E-state index is 12.9. The third-order valence-corrected chi connectivity index (χ3v) is 6.28. The van der Waals surface area contributed by atoms with Crippen LogP contribution in [0.1, 0.15) is 28.0 Å². The van der Waals surface area contributed by atoms with Crippen molar-refractivity contribution in [3.05, 3.63) is 58.5 Å². The van der Waals surface area contributed by atoms with Gasteiger partial charge in [-0.25, -0.2) is 0 Å². The lowest BCUT2D eigenvalue weighted by Crippen LogP contribution is -2.38. The van der Waals surface area contributed by atoms with E-state index in [-0.39, 0.29) is 5.91 Å². The van der Waals surface area contributed by atoms with E-state index in [0.717, 1.165) is 17.0 Å². The monoisotopic (exact) mass is 477 g/mol. The standard InChI is InChI=1S/C25H24ClN5O3/c1-33-23-17(26)3-2-4-19(23)31-22-20-18(7-11-29-24(20)32)30-21(22)16-6-10-28-13-15(16)5-8-25(27)9-12-34-14-25/h2-4,6,10,13,30-31H,7,9,11-12,14,27H2,1H3,(H,29,32). The average Bonchev–Trinajstić information content (AvgIpc) is 3.43. The molecule has 2 aliphatic rings. The Hall–Kier alpha value is -3.51. The van der Waals surface area contributed by atoms with Crippen LogP contribution in [-0.4, -0.2) is 48.3 Å². The molecule has 0 bridgehead atoms. The maximum Gasteiger partial charge on any atom is 0.255 e. The van der Waals surface area contributed by atoms with E-state index in [0.29, 0.717) is 65.9 Å². The summed E-state index contributed by atoms with van der Waals surface area (Å²) in [6, 6.07) is 7.28. The summed E-state index contributed by atoms with van der Waals surface area (Å²) in [5.74, 6) is 6.69. The molecule has 2 aliphatic heterocycles. The van der Waals surface area contributed by atoms with Crippen molar-refractivity contribution in [3.8, 4) is 28.8 Å². The molecule has 0 radical (unpaired) electrons. The number of anilines is 2. The molecule has 1 fully saturated rings. The molecule has 0 spiro atoms. The highest BCUT2D eigenvalue weighted by atomic mass is 35.5. The number of carbonyl (C=O) groups excluding carboxylic acids is 1. The number of ether oxygens (including phenoxy) is 2. The summed E-state index contributed by atoms with van der Waals surface area (Å²) in [4.78, 5) is 20.6. The van der Waals surface area contributed by atoms with Crippen molar-refractivity contribution in [2.45, 2.75) is 18.4 Å². The number of aromatic nitrogens is 2. The smallest absolute Gasteiger partial charge is 0.255 e. The third-order valence-electron chi connectivity index (χ3n) is 5.98. The molecule has 1 amide bonds. The van der Waals surface area contributed by atoms with Gasteiger partial charge < -0.3 is 30.8 Å². The first-order chi connectivity index (χ1) is 16.5. The normalized spacial score (nSPS) is 19.1. The van der Waals surface area contributed by atoms with Gasteiger partial charge in [0.1, 0.15) is 5.54 Å². The molecule has 0 aliphatic carbocycles. The van der Waals surface area contributed by atoms with Crippen molar-refractivity contribution >= 4 is 28.9 Å². The van der Waals surface area contributed by atoms with Crippen LogP contribution >= 0.6 is 11.6 Å². The summed E-state index contributed by atoms with van der Waals surface area (Å²) in [7, 11) is 1.55. The van der Waals surface area contributed by atoms with Crippen molar-refractivity contribution in [2.75, 3.05) is 32.2 Å². The number of nitrogens with zero attached hydrogens (tertiary/aromatic N) is 1. The Morgan fingerprint density at radius 1 is 1.35 bits per heavy atom. The Balaban J connectivity index is 1.65. The van der Waals surface area contributed by atoms with Gasteiger partial charge in [0.25, 0.3) is 5.91 Å². The second-order valence-electron chi connectivity index (χ2n) is 8.31. The fraction of sp³-hybridized carbons (Fsp3) is 0.280. The number of fused-ring (bicyclic) bond motifs is 1. The minimum Gasteiger partial charge on any atom is -0.493 e. The van der Waals surface area contributed by atoms with E-state index in [1.165, 1.54) is 0 Å². The number of hydrogen-bond donors (Lipinski definition) is 4. The summed E-state index contributed by atoms with van der Waals surface area (Å²) in [6.45, 7) is 1.55. The van der Waals surface area contributed by atoms with Crippen LogP contribution in [0.3, 0.4) is 0 Å². The number of aromatic amines is 1. The number of nitrogens with one attached hydrogen (secondary N) is 3. The maximum atomic E-state index is 12.9. The van der Waals surface area contributed by atoms with Crippen molar-refractivity contribution in [2.24, 2.45) is 5.73 Å². The number of methoxy groups -OCH3 is 1. The first kappa shape index (κ1) is 22.3. The van der Waals surface area contributed by atoms with Crippen LogP contribution in [-0.2, 0) is 11.2 Å². The molecule has 174 valence electrons. The molecule has 1 saturated heterocycles. The highest BCUT2D eigenvalue weighted by Gasteiger charge is 2.30. The predicted octanol–water partition coefficient (Wildman–Crippen LogP) is 3.24. The number of H-pyrrole nitrogens is 1. The number of pyridine rings is 1. The van der Waals surface area contributed by atoms with Crippen LogP contribution in [0.15, 0.2) is 36.7 Å². The largest absolute Gasteiger partial charge is 0.493 e. The molecule has 2 aromatic heterocycles. The van der Waals surface area contributed by atoms with Crippen molar-refractivity contribution < 1.29 is 14.3 Å². The second-order valence-corrected chi connectivity index (χ2v) is 8.72. The summed E-state index contributed by atoms with van der Waals surface area (Å²) >= 11 is 6.34. The topological polar surface area (TPSA) is 114 Å². The number of benzene rings is 1.